The second-order valence-electron chi connectivity index (χ2n) is 6.71. The molecule has 0 radical (unpaired) electrons. The summed E-state index contributed by atoms with van der Waals surface area (Å²) in [5.74, 6) is -1.81. The molecule has 8 nitrogen and oxygen atoms in total. The average molecular weight is 411 g/mol. The number of hydrogen-bond donors (Lipinski definition) is 0. The number of nitrogens with zero attached hydrogens (tertiary/aromatic N) is 1. The molecule has 30 heavy (non-hydrogen) atoms. The minimum atomic E-state index is -0.670. The van der Waals surface area contributed by atoms with E-state index in [-0.39, 0.29) is 24.7 Å². The molecule has 1 fully saturated rings. The van der Waals surface area contributed by atoms with Crippen LogP contribution in [0.25, 0.3) is 0 Å². The number of ketones is 1. The molecule has 0 aliphatic carbocycles. The normalized spacial score (nSPS) is 15.6. The first-order valence-electron chi connectivity index (χ1n) is 9.25. The van der Waals surface area contributed by atoms with Crippen molar-refractivity contribution in [2.45, 2.75) is 6.42 Å². The summed E-state index contributed by atoms with van der Waals surface area (Å²) < 4.78 is 14.9. The van der Waals surface area contributed by atoms with Crippen molar-refractivity contribution in [2.75, 3.05) is 32.3 Å². The standard InChI is InChI=1S/C22H21NO7/c1-28-18-5-3-4-15(10-18)19(24)13-30-22(27)16-11-20(25)23(12-16)17-8-6-14(7-9-17)21(26)29-2/h3-10,16H,11-13H2,1-2H3. The lowest BCUT2D eigenvalue weighted by atomic mass is 10.1. The summed E-state index contributed by atoms with van der Waals surface area (Å²) in [7, 11) is 2.78. The molecule has 2 aromatic rings. The molecule has 1 atom stereocenters. The van der Waals surface area contributed by atoms with Crippen molar-refractivity contribution >= 4 is 29.3 Å². The molecule has 1 unspecified atom stereocenters. The number of esters is 2. The molecular formula is C22H21NO7. The lowest BCUT2D eigenvalue weighted by Crippen LogP contribution is -2.27. The Kier molecular flexibility index (Phi) is 6.46. The fraction of sp³-hybridized carbons (Fsp3) is 0.273. The van der Waals surface area contributed by atoms with E-state index in [2.05, 4.69) is 4.74 Å². The van der Waals surface area contributed by atoms with E-state index in [9.17, 15) is 19.2 Å². The van der Waals surface area contributed by atoms with Gasteiger partial charge >= 0.3 is 11.9 Å². The average Bonchev–Trinajstić information content (AvgIpc) is 3.18. The van der Waals surface area contributed by atoms with Crippen LogP contribution >= 0.6 is 0 Å². The Labute approximate surface area is 173 Å². The van der Waals surface area contributed by atoms with Gasteiger partial charge in [-0.1, -0.05) is 12.1 Å². The first-order chi connectivity index (χ1) is 14.4. The van der Waals surface area contributed by atoms with Gasteiger partial charge in [-0.25, -0.2) is 4.79 Å². The van der Waals surface area contributed by atoms with Crippen LogP contribution in [0.15, 0.2) is 48.5 Å². The topological polar surface area (TPSA) is 99.2 Å². The second kappa shape index (κ2) is 9.21. The molecule has 1 saturated heterocycles. The zero-order valence-corrected chi connectivity index (χ0v) is 16.6. The third kappa shape index (κ3) is 4.65. The van der Waals surface area contributed by atoms with Crippen LogP contribution in [0.4, 0.5) is 5.69 Å². The highest BCUT2D eigenvalue weighted by atomic mass is 16.5. The predicted molar refractivity (Wildman–Crippen MR) is 107 cm³/mol. The zero-order chi connectivity index (χ0) is 21.7. The summed E-state index contributed by atoms with van der Waals surface area (Å²) in [5.41, 5.74) is 1.30. The van der Waals surface area contributed by atoms with E-state index in [1.165, 1.54) is 19.1 Å². The number of rotatable bonds is 7. The van der Waals surface area contributed by atoms with Crippen LogP contribution in [-0.4, -0.2) is 51.0 Å². The van der Waals surface area contributed by atoms with Crippen LogP contribution in [0.2, 0.25) is 0 Å². The number of hydrogen-bond acceptors (Lipinski definition) is 7. The van der Waals surface area contributed by atoms with Gasteiger partial charge in [-0.05, 0) is 36.4 Å². The third-order valence-electron chi connectivity index (χ3n) is 4.80. The maximum atomic E-state index is 12.4. The van der Waals surface area contributed by atoms with Gasteiger partial charge in [0, 0.05) is 24.2 Å². The lowest BCUT2D eigenvalue weighted by Gasteiger charge is -2.16. The molecule has 0 aromatic heterocycles. The summed E-state index contributed by atoms with van der Waals surface area (Å²) in [5, 5.41) is 0. The Morgan fingerprint density at radius 1 is 1.03 bits per heavy atom. The Morgan fingerprint density at radius 2 is 1.77 bits per heavy atom. The van der Waals surface area contributed by atoms with E-state index in [0.717, 1.165) is 0 Å². The largest absolute Gasteiger partial charge is 0.497 e. The van der Waals surface area contributed by atoms with Gasteiger partial charge in [-0.3, -0.25) is 14.4 Å². The highest BCUT2D eigenvalue weighted by Gasteiger charge is 2.36. The van der Waals surface area contributed by atoms with E-state index < -0.39 is 24.5 Å². The van der Waals surface area contributed by atoms with E-state index in [0.29, 0.717) is 22.6 Å². The molecule has 1 aliphatic rings. The van der Waals surface area contributed by atoms with Crippen LogP contribution in [0.3, 0.4) is 0 Å². The maximum Gasteiger partial charge on any atom is 0.337 e. The number of carbonyl (C=O) groups excluding carboxylic acids is 4. The monoisotopic (exact) mass is 411 g/mol. The number of anilines is 1. The van der Waals surface area contributed by atoms with Crippen molar-refractivity contribution in [1.82, 2.24) is 0 Å². The number of amides is 1. The van der Waals surface area contributed by atoms with Gasteiger partial charge in [0.2, 0.25) is 5.91 Å². The molecule has 1 heterocycles. The van der Waals surface area contributed by atoms with Crippen LogP contribution in [0, 0.1) is 5.92 Å². The van der Waals surface area contributed by atoms with E-state index in [1.807, 2.05) is 0 Å². The quantitative estimate of drug-likeness (QED) is 0.509. The fourth-order valence-electron chi connectivity index (χ4n) is 3.14. The summed E-state index contributed by atoms with van der Waals surface area (Å²) in [4.78, 5) is 49.9. The fourth-order valence-corrected chi connectivity index (χ4v) is 3.14. The highest BCUT2D eigenvalue weighted by molar-refractivity contribution is 6.01. The van der Waals surface area contributed by atoms with Crippen molar-refractivity contribution in [3.63, 3.8) is 0 Å². The lowest BCUT2D eigenvalue weighted by molar-refractivity contribution is -0.147. The molecule has 3 rings (SSSR count). The van der Waals surface area contributed by atoms with Crippen LogP contribution in [0.5, 0.6) is 5.75 Å². The maximum absolute atomic E-state index is 12.4. The molecule has 0 bridgehead atoms. The molecule has 0 spiro atoms. The minimum Gasteiger partial charge on any atom is -0.497 e. The summed E-state index contributed by atoms with van der Waals surface area (Å²) >= 11 is 0. The Bertz CT molecular complexity index is 968. The van der Waals surface area contributed by atoms with E-state index in [1.54, 1.807) is 48.5 Å². The molecule has 156 valence electrons. The molecule has 8 heteroatoms. The summed E-state index contributed by atoms with van der Waals surface area (Å²) in [6, 6.07) is 12.9. The molecule has 1 amide bonds. The number of carbonyl (C=O) groups is 4. The molecule has 0 N–H and O–H groups in total. The smallest absolute Gasteiger partial charge is 0.337 e. The van der Waals surface area contributed by atoms with Crippen molar-refractivity contribution in [3.8, 4) is 5.75 Å². The highest BCUT2D eigenvalue weighted by Crippen LogP contribution is 2.26. The number of Topliss-reactive ketones (excluding diaryl/α,β-unsaturated/α-hetero) is 1. The van der Waals surface area contributed by atoms with E-state index in [4.69, 9.17) is 9.47 Å². The summed E-state index contributed by atoms with van der Waals surface area (Å²) in [6.45, 7) is -0.271. The van der Waals surface area contributed by atoms with Gasteiger partial charge in [-0.15, -0.1) is 0 Å². The molecular weight excluding hydrogens is 390 g/mol. The van der Waals surface area contributed by atoms with Gasteiger partial charge in [0.25, 0.3) is 0 Å². The SMILES string of the molecule is COC(=O)c1ccc(N2CC(C(=O)OCC(=O)c3cccc(OC)c3)CC2=O)cc1. The van der Waals surface area contributed by atoms with E-state index >= 15 is 0 Å². The molecule has 0 saturated carbocycles. The van der Waals surface area contributed by atoms with Crippen LogP contribution < -0.4 is 9.64 Å². The minimum absolute atomic E-state index is 0.00899. The van der Waals surface area contributed by atoms with Crippen LogP contribution in [-0.2, 0) is 19.1 Å². The van der Waals surface area contributed by atoms with Gasteiger partial charge in [-0.2, -0.15) is 0 Å². The zero-order valence-electron chi connectivity index (χ0n) is 16.6. The molecule has 1 aliphatic heterocycles. The number of methoxy groups -OCH3 is 2. The predicted octanol–water partition coefficient (Wildman–Crippen LogP) is 2.26. The van der Waals surface area contributed by atoms with Gasteiger partial charge in [0.05, 0.1) is 25.7 Å². The first-order valence-corrected chi connectivity index (χ1v) is 9.25. The van der Waals surface area contributed by atoms with Crippen molar-refractivity contribution in [3.05, 3.63) is 59.7 Å². The molecule has 2 aromatic carbocycles. The number of benzene rings is 2. The Hall–Kier alpha value is -3.68. The second-order valence-corrected chi connectivity index (χ2v) is 6.71. The number of ether oxygens (including phenoxy) is 3. The van der Waals surface area contributed by atoms with Gasteiger partial charge in [0.1, 0.15) is 5.75 Å². The third-order valence-corrected chi connectivity index (χ3v) is 4.80. The van der Waals surface area contributed by atoms with Gasteiger partial charge < -0.3 is 19.1 Å². The van der Waals surface area contributed by atoms with Crippen molar-refractivity contribution < 1.29 is 33.4 Å². The Balaban J connectivity index is 1.58. The van der Waals surface area contributed by atoms with Gasteiger partial charge in [0.15, 0.2) is 12.4 Å². The first kappa shape index (κ1) is 21.0. The van der Waals surface area contributed by atoms with Crippen molar-refractivity contribution in [2.24, 2.45) is 5.92 Å². The Morgan fingerprint density at radius 3 is 2.43 bits per heavy atom. The summed E-state index contributed by atoms with van der Waals surface area (Å²) in [6.07, 6.45) is -0.00899. The van der Waals surface area contributed by atoms with Crippen molar-refractivity contribution in [1.29, 1.82) is 0 Å². The van der Waals surface area contributed by atoms with Crippen LogP contribution in [0.1, 0.15) is 27.1 Å².